The van der Waals surface area contributed by atoms with E-state index in [1.165, 1.54) is 12.1 Å². The molecule has 1 unspecified atom stereocenters. The van der Waals surface area contributed by atoms with Gasteiger partial charge in [0, 0.05) is 37.3 Å². The quantitative estimate of drug-likeness (QED) is 0.602. The number of benzene rings is 1. The van der Waals surface area contributed by atoms with Crippen LogP contribution in [-0.4, -0.2) is 48.2 Å². The molecule has 0 aliphatic heterocycles. The van der Waals surface area contributed by atoms with Gasteiger partial charge in [-0.05, 0) is 44.5 Å². The van der Waals surface area contributed by atoms with Gasteiger partial charge >= 0.3 is 0 Å². The van der Waals surface area contributed by atoms with Crippen molar-refractivity contribution in [1.29, 1.82) is 0 Å². The first-order chi connectivity index (χ1) is 12.5. The van der Waals surface area contributed by atoms with Crippen molar-refractivity contribution in [3.05, 3.63) is 41.8 Å². The smallest absolute Gasteiger partial charge is 0.226 e. The molecular weight excluding hydrogens is 367 g/mol. The van der Waals surface area contributed by atoms with Crippen LogP contribution in [0.5, 0.6) is 0 Å². The summed E-state index contributed by atoms with van der Waals surface area (Å²) in [5.74, 6) is -0.0568. The summed E-state index contributed by atoms with van der Waals surface area (Å²) in [5.41, 5.74) is 2.60. The summed E-state index contributed by atoms with van der Waals surface area (Å²) in [5, 5.41) is 10.3. The van der Waals surface area contributed by atoms with Crippen molar-refractivity contribution in [1.82, 2.24) is 20.4 Å². The van der Waals surface area contributed by atoms with Crippen LogP contribution in [0, 0.1) is 11.7 Å². The average Bonchev–Trinajstić information content (AvgIpc) is 3.09. The molecule has 1 atom stereocenters. The number of H-pyrrole nitrogens is 1. The van der Waals surface area contributed by atoms with E-state index in [1.807, 2.05) is 38.1 Å². The molecule has 1 heterocycles. The Morgan fingerprint density at radius 1 is 1.30 bits per heavy atom. The van der Waals surface area contributed by atoms with Crippen LogP contribution in [-0.2, 0) is 11.2 Å². The van der Waals surface area contributed by atoms with Gasteiger partial charge in [0.05, 0.1) is 5.69 Å². The Kier molecular flexibility index (Phi) is 10.0. The molecule has 0 saturated carbocycles. The monoisotopic (exact) mass is 396 g/mol. The van der Waals surface area contributed by atoms with Gasteiger partial charge in [-0.15, -0.1) is 12.4 Å². The maximum absolute atomic E-state index is 13.3. The molecule has 2 aromatic rings. The molecule has 0 fully saturated rings. The highest BCUT2D eigenvalue weighted by Gasteiger charge is 2.15. The van der Waals surface area contributed by atoms with Gasteiger partial charge in [0.2, 0.25) is 5.91 Å². The molecule has 150 valence electrons. The van der Waals surface area contributed by atoms with Crippen LogP contribution < -0.4 is 5.32 Å². The highest BCUT2D eigenvalue weighted by Crippen LogP contribution is 2.19. The van der Waals surface area contributed by atoms with Crippen molar-refractivity contribution in [2.75, 3.05) is 27.2 Å². The van der Waals surface area contributed by atoms with Crippen molar-refractivity contribution in [3.8, 4) is 11.3 Å². The second-order valence-electron chi connectivity index (χ2n) is 6.82. The first-order valence-corrected chi connectivity index (χ1v) is 9.21. The fraction of sp³-hybridized carbons (Fsp3) is 0.500. The fourth-order valence-corrected chi connectivity index (χ4v) is 3.01. The molecule has 0 bridgehead atoms. The number of rotatable bonds is 10. The van der Waals surface area contributed by atoms with E-state index in [0.29, 0.717) is 6.54 Å². The Morgan fingerprint density at radius 2 is 2.07 bits per heavy atom. The van der Waals surface area contributed by atoms with Gasteiger partial charge in [-0.3, -0.25) is 9.89 Å². The van der Waals surface area contributed by atoms with Crippen molar-refractivity contribution in [2.24, 2.45) is 5.92 Å². The number of hydrogen-bond acceptors (Lipinski definition) is 3. The number of carbonyl (C=O) groups excluding carboxylic acids is 1. The van der Waals surface area contributed by atoms with Gasteiger partial charge in [-0.1, -0.05) is 25.5 Å². The molecule has 2 N–H and O–H groups in total. The van der Waals surface area contributed by atoms with Crippen LogP contribution in [0.15, 0.2) is 30.3 Å². The number of halogens is 2. The molecule has 0 saturated heterocycles. The van der Waals surface area contributed by atoms with Gasteiger partial charge in [0.25, 0.3) is 0 Å². The Balaban J connectivity index is 0.00000364. The summed E-state index contributed by atoms with van der Waals surface area (Å²) in [4.78, 5) is 13.9. The van der Waals surface area contributed by atoms with E-state index in [9.17, 15) is 9.18 Å². The van der Waals surface area contributed by atoms with E-state index in [4.69, 9.17) is 0 Å². The van der Waals surface area contributed by atoms with Gasteiger partial charge < -0.3 is 10.2 Å². The summed E-state index contributed by atoms with van der Waals surface area (Å²) in [6.07, 6.45) is 3.96. The Labute approximate surface area is 167 Å². The van der Waals surface area contributed by atoms with Crippen LogP contribution in [0.25, 0.3) is 11.3 Å². The molecular formula is C20H30ClFN4O. The molecule has 7 heteroatoms. The highest BCUT2D eigenvalue weighted by molar-refractivity contribution is 5.85. The van der Waals surface area contributed by atoms with Crippen molar-refractivity contribution in [2.45, 2.75) is 32.6 Å². The zero-order valence-electron chi connectivity index (χ0n) is 16.3. The van der Waals surface area contributed by atoms with Crippen LogP contribution in [0.3, 0.4) is 0 Å². The number of aromatic nitrogens is 2. The van der Waals surface area contributed by atoms with E-state index in [1.54, 1.807) is 6.07 Å². The summed E-state index contributed by atoms with van der Waals surface area (Å²) in [6.45, 7) is 3.44. The normalized spacial score (nSPS) is 11.7. The molecule has 0 spiro atoms. The third-order valence-corrected chi connectivity index (χ3v) is 4.50. The predicted molar refractivity (Wildman–Crippen MR) is 110 cm³/mol. The molecule has 27 heavy (non-hydrogen) atoms. The number of nitrogens with one attached hydrogen (secondary N) is 2. The van der Waals surface area contributed by atoms with Crippen molar-refractivity contribution in [3.63, 3.8) is 0 Å². The topological polar surface area (TPSA) is 61.0 Å². The lowest BCUT2D eigenvalue weighted by Gasteiger charge is -2.21. The average molecular weight is 397 g/mol. The Bertz CT molecular complexity index is 707. The van der Waals surface area contributed by atoms with Crippen molar-refractivity contribution >= 4 is 18.3 Å². The zero-order chi connectivity index (χ0) is 18.9. The van der Waals surface area contributed by atoms with Crippen LogP contribution in [0.4, 0.5) is 4.39 Å². The third kappa shape index (κ3) is 7.31. The number of hydrogen-bond donors (Lipinski definition) is 2. The lowest BCUT2D eigenvalue weighted by molar-refractivity contribution is -0.133. The summed E-state index contributed by atoms with van der Waals surface area (Å²) >= 11 is 0. The molecule has 2 rings (SSSR count). The molecule has 0 aliphatic carbocycles. The van der Waals surface area contributed by atoms with Crippen molar-refractivity contribution < 1.29 is 9.18 Å². The Morgan fingerprint density at radius 3 is 2.78 bits per heavy atom. The van der Waals surface area contributed by atoms with Gasteiger partial charge in [-0.25, -0.2) is 4.39 Å². The summed E-state index contributed by atoms with van der Waals surface area (Å²) in [6, 6.07) is 8.43. The molecule has 1 aromatic carbocycles. The SMILES string of the molecule is CNCC(C)C(=O)N(C)CCCCCc1cc(-c2cccc(F)c2)n[nH]1.Cl. The maximum atomic E-state index is 13.3. The molecule has 1 amide bonds. The summed E-state index contributed by atoms with van der Waals surface area (Å²) < 4.78 is 13.3. The lowest BCUT2D eigenvalue weighted by atomic mass is 10.1. The lowest BCUT2D eigenvalue weighted by Crippen LogP contribution is -2.36. The Hall–Kier alpha value is -1.92. The van der Waals surface area contributed by atoms with E-state index in [2.05, 4.69) is 15.5 Å². The number of nitrogens with zero attached hydrogens (tertiary/aromatic N) is 2. The van der Waals surface area contributed by atoms with Crippen LogP contribution in [0.2, 0.25) is 0 Å². The number of amides is 1. The van der Waals surface area contributed by atoms with Gasteiger partial charge in [0.1, 0.15) is 5.82 Å². The first kappa shape index (κ1) is 23.1. The molecule has 0 radical (unpaired) electrons. The standard InChI is InChI=1S/C20H29FN4O.ClH/c1-15(14-22-2)20(26)25(3)11-6-4-5-10-18-13-19(24-23-18)16-8-7-9-17(21)12-16;/h7-9,12-13,15,22H,4-6,10-11,14H2,1-3H3,(H,23,24);1H. The highest BCUT2D eigenvalue weighted by atomic mass is 35.5. The first-order valence-electron chi connectivity index (χ1n) is 9.21. The molecule has 1 aromatic heterocycles. The maximum Gasteiger partial charge on any atom is 0.226 e. The molecule has 5 nitrogen and oxygen atoms in total. The van der Waals surface area contributed by atoms with E-state index >= 15 is 0 Å². The number of unbranched alkanes of at least 4 members (excludes halogenated alkanes) is 2. The number of aromatic amines is 1. The minimum absolute atomic E-state index is 0. The second-order valence-corrected chi connectivity index (χ2v) is 6.82. The van der Waals surface area contributed by atoms with Crippen LogP contribution in [0.1, 0.15) is 31.9 Å². The number of aryl methyl sites for hydroxylation is 1. The molecule has 0 aliphatic rings. The van der Waals surface area contributed by atoms with Gasteiger partial charge in [-0.2, -0.15) is 5.10 Å². The second kappa shape index (κ2) is 11.7. The number of carbonyl (C=O) groups is 1. The van der Waals surface area contributed by atoms with Crippen LogP contribution >= 0.6 is 12.4 Å². The van der Waals surface area contributed by atoms with E-state index in [0.717, 1.165) is 49.2 Å². The van der Waals surface area contributed by atoms with E-state index < -0.39 is 0 Å². The van der Waals surface area contributed by atoms with E-state index in [-0.39, 0.29) is 30.0 Å². The third-order valence-electron chi connectivity index (χ3n) is 4.50. The fourth-order valence-electron chi connectivity index (χ4n) is 3.01. The minimum Gasteiger partial charge on any atom is -0.345 e. The minimum atomic E-state index is -0.255. The predicted octanol–water partition coefficient (Wildman–Crippen LogP) is 3.66. The summed E-state index contributed by atoms with van der Waals surface area (Å²) in [7, 11) is 3.73. The zero-order valence-corrected chi connectivity index (χ0v) is 17.1. The van der Waals surface area contributed by atoms with Gasteiger partial charge in [0.15, 0.2) is 0 Å². The largest absolute Gasteiger partial charge is 0.345 e.